The lowest BCUT2D eigenvalue weighted by atomic mass is 10.2. The zero-order chi connectivity index (χ0) is 17.1. The van der Waals surface area contributed by atoms with E-state index in [9.17, 15) is 4.79 Å². The molecule has 136 valence electrons. The van der Waals surface area contributed by atoms with Gasteiger partial charge in [-0.1, -0.05) is 39.0 Å². The van der Waals surface area contributed by atoms with Crippen molar-refractivity contribution in [2.24, 2.45) is 11.8 Å². The van der Waals surface area contributed by atoms with Crippen LogP contribution in [0.5, 0.6) is 0 Å². The van der Waals surface area contributed by atoms with Gasteiger partial charge in [0.25, 0.3) is 0 Å². The van der Waals surface area contributed by atoms with Crippen molar-refractivity contribution in [2.45, 2.75) is 52.5 Å². The Labute approximate surface area is 145 Å². The molecular formula is C16H32O5SSi. The largest absolute Gasteiger partial charge is 0.501 e. The highest BCUT2D eigenvalue weighted by molar-refractivity contribution is 8.13. The fourth-order valence-electron chi connectivity index (χ4n) is 2.12. The van der Waals surface area contributed by atoms with E-state index in [0.29, 0.717) is 32.2 Å². The third-order valence-corrected chi connectivity index (χ3v) is 7.50. The summed E-state index contributed by atoms with van der Waals surface area (Å²) >= 11 is 1.41. The Morgan fingerprint density at radius 2 is 2.09 bits per heavy atom. The molecule has 1 unspecified atom stereocenters. The van der Waals surface area contributed by atoms with E-state index in [2.05, 4.69) is 13.8 Å². The molecule has 0 aliphatic carbocycles. The molecule has 1 heterocycles. The topological polar surface area (TPSA) is 65.0 Å². The first-order chi connectivity index (χ1) is 11.0. The Hall–Kier alpha value is 0.0769. The first-order valence-electron chi connectivity index (χ1n) is 8.69. The van der Waals surface area contributed by atoms with E-state index < -0.39 is 8.80 Å². The van der Waals surface area contributed by atoms with Gasteiger partial charge in [-0.25, -0.2) is 0 Å². The molecule has 0 amide bonds. The predicted octanol–water partition coefficient (Wildman–Crippen LogP) is 3.09. The fourth-order valence-corrected chi connectivity index (χ4v) is 6.09. The van der Waals surface area contributed by atoms with Crippen LogP contribution in [-0.4, -0.2) is 51.2 Å². The van der Waals surface area contributed by atoms with Crippen LogP contribution in [0, 0.1) is 11.8 Å². The number of rotatable bonds is 11. The van der Waals surface area contributed by atoms with E-state index in [1.165, 1.54) is 11.8 Å². The van der Waals surface area contributed by atoms with Crippen LogP contribution in [0.25, 0.3) is 0 Å². The second kappa shape index (κ2) is 11.6. The molecular weight excluding hydrogens is 332 g/mol. The van der Waals surface area contributed by atoms with E-state index in [1.807, 2.05) is 6.92 Å². The number of carbonyl (C=O) groups excluding carboxylic acids is 1. The predicted molar refractivity (Wildman–Crippen MR) is 95.4 cm³/mol. The highest BCUT2D eigenvalue weighted by Crippen LogP contribution is 2.26. The molecule has 1 N–H and O–H groups in total. The minimum atomic E-state index is -2.64. The molecule has 0 radical (unpaired) electrons. The van der Waals surface area contributed by atoms with Crippen LogP contribution in [0.3, 0.4) is 0 Å². The van der Waals surface area contributed by atoms with Crippen LogP contribution >= 0.6 is 11.8 Å². The molecule has 1 aliphatic rings. The van der Waals surface area contributed by atoms with Crippen LogP contribution in [0.2, 0.25) is 6.04 Å². The van der Waals surface area contributed by atoms with Crippen molar-refractivity contribution in [1.29, 1.82) is 0 Å². The molecule has 7 heteroatoms. The lowest BCUT2D eigenvalue weighted by Crippen LogP contribution is -2.52. The molecule has 1 aliphatic heterocycles. The van der Waals surface area contributed by atoms with E-state index >= 15 is 0 Å². The van der Waals surface area contributed by atoms with Gasteiger partial charge in [0.2, 0.25) is 0 Å². The van der Waals surface area contributed by atoms with Crippen molar-refractivity contribution in [3.8, 4) is 0 Å². The second-order valence-corrected chi connectivity index (χ2v) is 10.3. The van der Waals surface area contributed by atoms with Gasteiger partial charge in [-0.3, -0.25) is 4.79 Å². The van der Waals surface area contributed by atoms with E-state index in [1.54, 1.807) is 0 Å². The summed E-state index contributed by atoms with van der Waals surface area (Å²) in [6.07, 6.45) is 3.55. The molecule has 0 aromatic carbocycles. The van der Waals surface area contributed by atoms with Crippen LogP contribution in [-0.2, 0) is 18.1 Å². The molecule has 1 fully saturated rings. The normalized spacial score (nSPS) is 26.2. The zero-order valence-corrected chi connectivity index (χ0v) is 16.5. The Morgan fingerprint density at radius 3 is 2.70 bits per heavy atom. The number of carbonyl (C=O) groups is 1. The summed E-state index contributed by atoms with van der Waals surface area (Å²) < 4.78 is 17.9. The smallest absolute Gasteiger partial charge is 0.396 e. The molecule has 1 saturated heterocycles. The molecule has 5 nitrogen and oxygen atoms in total. The molecule has 0 bridgehead atoms. The lowest BCUT2D eigenvalue weighted by Gasteiger charge is -2.36. The number of thioether (sulfide) groups is 1. The summed E-state index contributed by atoms with van der Waals surface area (Å²) in [5.41, 5.74) is 0. The fraction of sp³-hybridized carbons (Fsp3) is 0.938. The summed E-state index contributed by atoms with van der Waals surface area (Å²) in [4.78, 5) is 11.7. The summed E-state index contributed by atoms with van der Waals surface area (Å²) in [7, 11) is -2.64. The lowest BCUT2D eigenvalue weighted by molar-refractivity contribution is -0.111. The monoisotopic (exact) mass is 364 g/mol. The van der Waals surface area contributed by atoms with Crippen LogP contribution in [0.4, 0.5) is 0 Å². The molecule has 0 saturated carbocycles. The number of aliphatic hydroxyl groups excluding tert-OH is 1. The van der Waals surface area contributed by atoms with Crippen LogP contribution < -0.4 is 0 Å². The maximum absolute atomic E-state index is 11.7. The Balaban J connectivity index is 2.36. The standard InChI is InChI=1S/C16H32O5SSi/c1-4-5-7-16(18)22-8-6-9-23(19-11-14(2)10-17)20-12-15(3)13-21-23/h14-15,17H,4-13H2,1-3H3. The van der Waals surface area contributed by atoms with Gasteiger partial charge in [-0.15, -0.1) is 0 Å². The summed E-state index contributed by atoms with van der Waals surface area (Å²) in [5.74, 6) is 1.26. The third kappa shape index (κ3) is 8.65. The van der Waals surface area contributed by atoms with Gasteiger partial charge in [-0.05, 0) is 12.8 Å². The van der Waals surface area contributed by atoms with Crippen molar-refractivity contribution >= 4 is 25.7 Å². The van der Waals surface area contributed by atoms with Crippen LogP contribution in [0.1, 0.15) is 46.5 Å². The van der Waals surface area contributed by atoms with Gasteiger partial charge in [0.05, 0.1) is 0 Å². The molecule has 1 atom stereocenters. The van der Waals surface area contributed by atoms with Crippen molar-refractivity contribution in [3.05, 3.63) is 0 Å². The molecule has 23 heavy (non-hydrogen) atoms. The van der Waals surface area contributed by atoms with Gasteiger partial charge >= 0.3 is 8.80 Å². The molecule has 0 aromatic rings. The Bertz CT molecular complexity index is 334. The SMILES string of the molecule is CCCCC(=O)SCCC[Si]1(OCC(C)CO)OCC(C)CO1. The highest BCUT2D eigenvalue weighted by atomic mass is 32.2. The maximum Gasteiger partial charge on any atom is 0.501 e. The first-order valence-corrected chi connectivity index (χ1v) is 11.6. The van der Waals surface area contributed by atoms with Gasteiger partial charge in [0.15, 0.2) is 5.12 Å². The molecule has 0 spiro atoms. The average Bonchev–Trinajstić information content (AvgIpc) is 2.57. The third-order valence-electron chi connectivity index (χ3n) is 3.70. The molecule has 1 rings (SSSR count). The summed E-state index contributed by atoms with van der Waals surface area (Å²) in [6, 6.07) is 0.742. The zero-order valence-electron chi connectivity index (χ0n) is 14.7. The van der Waals surface area contributed by atoms with Crippen molar-refractivity contribution in [3.63, 3.8) is 0 Å². The summed E-state index contributed by atoms with van der Waals surface area (Å²) in [5, 5.41) is 9.42. The number of aliphatic hydroxyl groups is 1. The van der Waals surface area contributed by atoms with Gasteiger partial charge in [0.1, 0.15) is 0 Å². The minimum absolute atomic E-state index is 0.0796. The van der Waals surface area contributed by atoms with Gasteiger partial charge < -0.3 is 18.4 Å². The van der Waals surface area contributed by atoms with E-state index in [-0.39, 0.29) is 17.6 Å². The number of hydrogen-bond donors (Lipinski definition) is 1. The van der Waals surface area contributed by atoms with Gasteiger partial charge in [0, 0.05) is 56.5 Å². The van der Waals surface area contributed by atoms with E-state index in [4.69, 9.17) is 18.4 Å². The molecule has 0 aromatic heterocycles. The van der Waals surface area contributed by atoms with Crippen molar-refractivity contribution < 1.29 is 23.2 Å². The van der Waals surface area contributed by atoms with Crippen molar-refractivity contribution in [2.75, 3.05) is 32.2 Å². The van der Waals surface area contributed by atoms with Crippen molar-refractivity contribution in [1.82, 2.24) is 0 Å². The number of hydrogen-bond acceptors (Lipinski definition) is 6. The second-order valence-electron chi connectivity index (χ2n) is 6.44. The van der Waals surface area contributed by atoms with Crippen LogP contribution in [0.15, 0.2) is 0 Å². The minimum Gasteiger partial charge on any atom is -0.396 e. The van der Waals surface area contributed by atoms with E-state index in [0.717, 1.165) is 31.1 Å². The van der Waals surface area contributed by atoms with Gasteiger partial charge in [-0.2, -0.15) is 0 Å². The summed E-state index contributed by atoms with van der Waals surface area (Å²) in [6.45, 7) is 8.02. The Kier molecular flexibility index (Phi) is 10.7. The Morgan fingerprint density at radius 1 is 1.39 bits per heavy atom. The quantitative estimate of drug-likeness (QED) is 0.449. The average molecular weight is 365 g/mol. The first kappa shape index (κ1) is 21.1. The maximum atomic E-state index is 11.7. The number of unbranched alkanes of at least 4 members (excludes halogenated alkanes) is 1. The highest BCUT2D eigenvalue weighted by Gasteiger charge is 2.44.